The van der Waals surface area contributed by atoms with Crippen molar-refractivity contribution in [3.8, 4) is 0 Å². The summed E-state index contributed by atoms with van der Waals surface area (Å²) in [6.07, 6.45) is 6.57. The Morgan fingerprint density at radius 2 is 1.58 bits per heavy atom. The predicted molar refractivity (Wildman–Crippen MR) is 154 cm³/mol. The van der Waals surface area contributed by atoms with Crippen molar-refractivity contribution in [3.05, 3.63) is 80.9 Å². The lowest BCUT2D eigenvalue weighted by atomic mass is 9.37. The SMILES string of the molecule is CC(=O)C1=C(C)CC2(C)CC3(C)Cc4c(/C=C/c5ccc(C)cc5)ccc(C)c4C(=O)C3C(C)C2(C)C1=O. The van der Waals surface area contributed by atoms with Gasteiger partial charge in [-0.1, -0.05) is 87.4 Å². The number of carbonyl (C=O) groups excluding carboxylic acids is 3. The van der Waals surface area contributed by atoms with Gasteiger partial charge in [0.1, 0.15) is 0 Å². The third kappa shape index (κ3) is 3.65. The lowest BCUT2D eigenvalue weighted by Crippen LogP contribution is -2.64. The van der Waals surface area contributed by atoms with Crippen molar-refractivity contribution in [2.75, 3.05) is 0 Å². The summed E-state index contributed by atoms with van der Waals surface area (Å²) in [6, 6.07) is 12.7. The molecule has 38 heavy (non-hydrogen) atoms. The lowest BCUT2D eigenvalue weighted by Gasteiger charge is -2.64. The average molecular weight is 509 g/mol. The first-order chi connectivity index (χ1) is 17.7. The number of aryl methyl sites for hydroxylation is 2. The van der Waals surface area contributed by atoms with Crippen molar-refractivity contribution in [3.63, 3.8) is 0 Å². The van der Waals surface area contributed by atoms with E-state index in [2.05, 4.69) is 76.2 Å². The van der Waals surface area contributed by atoms with E-state index >= 15 is 0 Å². The summed E-state index contributed by atoms with van der Waals surface area (Å²) in [5, 5.41) is 0. The van der Waals surface area contributed by atoms with Gasteiger partial charge in [-0.25, -0.2) is 0 Å². The van der Waals surface area contributed by atoms with Crippen LogP contribution in [0.4, 0.5) is 0 Å². The summed E-state index contributed by atoms with van der Waals surface area (Å²) in [5.74, 6) is -0.490. The molecule has 3 heteroatoms. The van der Waals surface area contributed by atoms with E-state index in [1.807, 2.05) is 20.8 Å². The first-order valence-electron chi connectivity index (χ1n) is 13.9. The molecule has 2 aromatic rings. The van der Waals surface area contributed by atoms with Crippen LogP contribution in [0.3, 0.4) is 0 Å². The molecular formula is C35H40O3. The third-order valence-corrected chi connectivity index (χ3v) is 10.5. The monoisotopic (exact) mass is 508 g/mol. The molecule has 2 aromatic carbocycles. The molecule has 0 spiro atoms. The van der Waals surface area contributed by atoms with E-state index in [0.29, 0.717) is 12.0 Å². The van der Waals surface area contributed by atoms with E-state index in [1.165, 1.54) is 12.5 Å². The molecular weight excluding hydrogens is 468 g/mol. The molecule has 0 radical (unpaired) electrons. The minimum absolute atomic E-state index is 0.0594. The minimum Gasteiger partial charge on any atom is -0.294 e. The molecule has 1 fully saturated rings. The Hall–Kier alpha value is -3.07. The summed E-state index contributed by atoms with van der Waals surface area (Å²) in [5.41, 5.74) is 6.34. The largest absolute Gasteiger partial charge is 0.294 e. The van der Waals surface area contributed by atoms with Gasteiger partial charge in [-0.2, -0.15) is 0 Å². The van der Waals surface area contributed by atoms with Crippen molar-refractivity contribution in [1.29, 1.82) is 0 Å². The standard InChI is InChI=1S/C35H40O3/c1-20-9-12-25(13-10-20)14-16-26-15-11-21(2)29-27(26)18-33(6)19-34(7)17-22(3)28(24(5)36)32(38)35(34,8)23(4)30(33)31(29)37/h9-16,23,30H,17-19H2,1-8H3/b16-14+. The van der Waals surface area contributed by atoms with Gasteiger partial charge >= 0.3 is 0 Å². The molecule has 0 saturated heterocycles. The minimum atomic E-state index is -0.762. The van der Waals surface area contributed by atoms with Gasteiger partial charge in [-0.05, 0) is 86.0 Å². The number of fused-ring (bicyclic) bond motifs is 3. The second-order valence-electron chi connectivity index (χ2n) is 13.2. The zero-order valence-corrected chi connectivity index (χ0v) is 24.1. The van der Waals surface area contributed by atoms with Crippen LogP contribution in [0.1, 0.15) is 92.6 Å². The zero-order chi connectivity index (χ0) is 27.8. The van der Waals surface area contributed by atoms with Gasteiger partial charge in [0.05, 0.1) is 5.57 Å². The maximum atomic E-state index is 14.4. The first-order valence-corrected chi connectivity index (χ1v) is 13.9. The van der Waals surface area contributed by atoms with E-state index < -0.39 is 5.41 Å². The number of carbonyl (C=O) groups is 3. The molecule has 0 N–H and O–H groups in total. The molecule has 0 aromatic heterocycles. The molecule has 5 atom stereocenters. The Morgan fingerprint density at radius 3 is 2.21 bits per heavy atom. The molecule has 5 unspecified atom stereocenters. The highest BCUT2D eigenvalue weighted by atomic mass is 16.2. The predicted octanol–water partition coefficient (Wildman–Crippen LogP) is 7.77. The number of Topliss-reactive ketones (excluding diaryl/α,β-unsaturated/α-hetero) is 3. The molecule has 0 aliphatic heterocycles. The van der Waals surface area contributed by atoms with E-state index in [9.17, 15) is 14.4 Å². The van der Waals surface area contributed by atoms with Gasteiger partial charge in [0.25, 0.3) is 0 Å². The number of allylic oxidation sites excluding steroid dienone is 2. The van der Waals surface area contributed by atoms with Crippen molar-refractivity contribution in [2.24, 2.45) is 28.1 Å². The number of rotatable bonds is 3. The zero-order valence-electron chi connectivity index (χ0n) is 24.1. The van der Waals surface area contributed by atoms with E-state index in [4.69, 9.17) is 0 Å². The molecule has 3 aliphatic rings. The first kappa shape index (κ1) is 26.5. The second kappa shape index (κ2) is 8.73. The fourth-order valence-electron chi connectivity index (χ4n) is 8.60. The van der Waals surface area contributed by atoms with Gasteiger partial charge < -0.3 is 0 Å². The Bertz CT molecular complexity index is 1440. The summed E-state index contributed by atoms with van der Waals surface area (Å²) in [7, 11) is 0. The van der Waals surface area contributed by atoms with Crippen LogP contribution in [0.15, 0.2) is 47.5 Å². The summed E-state index contributed by atoms with van der Waals surface area (Å²) in [6.45, 7) is 16.2. The van der Waals surface area contributed by atoms with Crippen LogP contribution < -0.4 is 0 Å². The highest BCUT2D eigenvalue weighted by Gasteiger charge is 2.67. The average Bonchev–Trinajstić information content (AvgIpc) is 2.81. The molecule has 0 heterocycles. The van der Waals surface area contributed by atoms with Crippen LogP contribution in [-0.4, -0.2) is 17.3 Å². The fraction of sp³-hybridized carbons (Fsp3) is 0.457. The van der Waals surface area contributed by atoms with E-state index in [0.717, 1.165) is 46.2 Å². The van der Waals surface area contributed by atoms with Crippen molar-refractivity contribution >= 4 is 29.5 Å². The second-order valence-corrected chi connectivity index (χ2v) is 13.2. The summed E-state index contributed by atoms with van der Waals surface area (Å²) >= 11 is 0. The van der Waals surface area contributed by atoms with Crippen LogP contribution in [-0.2, 0) is 16.0 Å². The highest BCUT2D eigenvalue weighted by Crippen LogP contribution is 2.68. The Kier molecular flexibility index (Phi) is 6.09. The maximum absolute atomic E-state index is 14.4. The van der Waals surface area contributed by atoms with E-state index in [-0.39, 0.29) is 40.0 Å². The fourth-order valence-corrected chi connectivity index (χ4v) is 8.60. The normalized spacial score (nSPS) is 32.7. The summed E-state index contributed by atoms with van der Waals surface area (Å²) in [4.78, 5) is 41.0. The van der Waals surface area contributed by atoms with Crippen LogP contribution in [0.2, 0.25) is 0 Å². The van der Waals surface area contributed by atoms with Gasteiger partial charge in [0.2, 0.25) is 0 Å². The molecule has 3 nitrogen and oxygen atoms in total. The van der Waals surface area contributed by atoms with Crippen LogP contribution in [0.25, 0.3) is 12.2 Å². The Balaban J connectivity index is 1.63. The van der Waals surface area contributed by atoms with Crippen molar-refractivity contribution in [2.45, 2.75) is 74.7 Å². The number of benzene rings is 2. The van der Waals surface area contributed by atoms with Crippen molar-refractivity contribution in [1.82, 2.24) is 0 Å². The Morgan fingerprint density at radius 1 is 0.921 bits per heavy atom. The quantitative estimate of drug-likeness (QED) is 0.314. The number of hydrogen-bond donors (Lipinski definition) is 0. The van der Waals surface area contributed by atoms with Crippen LogP contribution in [0, 0.1) is 41.9 Å². The lowest BCUT2D eigenvalue weighted by molar-refractivity contribution is -0.159. The topological polar surface area (TPSA) is 51.2 Å². The van der Waals surface area contributed by atoms with Crippen molar-refractivity contribution < 1.29 is 14.4 Å². The van der Waals surface area contributed by atoms with Crippen LogP contribution >= 0.6 is 0 Å². The molecule has 198 valence electrons. The maximum Gasteiger partial charge on any atom is 0.173 e. The molecule has 3 aliphatic carbocycles. The summed E-state index contributed by atoms with van der Waals surface area (Å²) < 4.78 is 0. The molecule has 5 rings (SSSR count). The third-order valence-electron chi connectivity index (χ3n) is 10.5. The van der Waals surface area contributed by atoms with Gasteiger partial charge in [-0.15, -0.1) is 0 Å². The van der Waals surface area contributed by atoms with Gasteiger partial charge in [0, 0.05) is 16.9 Å². The van der Waals surface area contributed by atoms with Crippen LogP contribution in [0.5, 0.6) is 0 Å². The Labute approximate surface area is 227 Å². The highest BCUT2D eigenvalue weighted by molar-refractivity contribution is 6.23. The van der Waals surface area contributed by atoms with E-state index in [1.54, 1.807) is 0 Å². The number of ketones is 3. The molecule has 1 saturated carbocycles. The number of hydrogen-bond acceptors (Lipinski definition) is 3. The molecule has 0 amide bonds. The molecule has 0 bridgehead atoms. The van der Waals surface area contributed by atoms with Gasteiger partial charge in [-0.3, -0.25) is 14.4 Å². The van der Waals surface area contributed by atoms with Gasteiger partial charge in [0.15, 0.2) is 17.3 Å². The smallest absolute Gasteiger partial charge is 0.173 e.